The van der Waals surface area contributed by atoms with Crippen molar-refractivity contribution in [3.05, 3.63) is 22.8 Å². The number of hydrogen-bond donors (Lipinski definition) is 2. The molecule has 1 amide bonds. The second-order valence-electron chi connectivity index (χ2n) is 4.34. The Hall–Kier alpha value is -1.37. The van der Waals surface area contributed by atoms with Crippen LogP contribution in [-0.4, -0.2) is 41.6 Å². The van der Waals surface area contributed by atoms with Crippen molar-refractivity contribution in [3.8, 4) is 0 Å². The highest BCUT2D eigenvalue weighted by molar-refractivity contribution is 6.29. The van der Waals surface area contributed by atoms with Crippen LogP contribution in [0.3, 0.4) is 0 Å². The maximum Gasteiger partial charge on any atom is 0.254 e. The van der Waals surface area contributed by atoms with Crippen LogP contribution in [0, 0.1) is 0 Å². The minimum absolute atomic E-state index is 0.0732. The van der Waals surface area contributed by atoms with E-state index in [1.807, 2.05) is 11.8 Å². The molecule has 0 aromatic carbocycles. The third-order valence-electron chi connectivity index (χ3n) is 3.15. The molecule has 0 aliphatic carbocycles. The summed E-state index contributed by atoms with van der Waals surface area (Å²) in [6, 6.07) is 3.24. The summed E-state index contributed by atoms with van der Waals surface area (Å²) in [6.07, 6.45) is 0.854. The number of pyridine rings is 1. The predicted molar refractivity (Wildman–Crippen MR) is 73.0 cm³/mol. The maximum absolute atomic E-state index is 12.5. The van der Waals surface area contributed by atoms with Crippen LogP contribution in [0.5, 0.6) is 0 Å². The normalized spacial score (nSPS) is 19.3. The van der Waals surface area contributed by atoms with Gasteiger partial charge in [0.1, 0.15) is 11.0 Å². The molecule has 1 atom stereocenters. The van der Waals surface area contributed by atoms with Crippen LogP contribution >= 0.6 is 11.6 Å². The average molecular weight is 285 g/mol. The lowest BCUT2D eigenvalue weighted by atomic mass is 10.1. The molecule has 0 bridgehead atoms. The van der Waals surface area contributed by atoms with Gasteiger partial charge in [-0.15, -0.1) is 0 Å². The number of hydrazine groups is 1. The third-order valence-corrected chi connectivity index (χ3v) is 3.34. The number of carbonyl (C=O) groups excluding carboxylic acids is 1. The van der Waals surface area contributed by atoms with Crippen LogP contribution in [0.4, 0.5) is 5.82 Å². The van der Waals surface area contributed by atoms with Crippen molar-refractivity contribution in [2.45, 2.75) is 19.4 Å². The Labute approximate surface area is 116 Å². The second-order valence-corrected chi connectivity index (χ2v) is 4.73. The lowest BCUT2D eigenvalue weighted by molar-refractivity contribution is -0.00279. The Kier molecular flexibility index (Phi) is 4.57. The molecule has 1 aromatic heterocycles. The minimum Gasteiger partial charge on any atom is -0.377 e. The van der Waals surface area contributed by atoms with Gasteiger partial charge < -0.3 is 15.1 Å². The Balaban J connectivity index is 2.24. The van der Waals surface area contributed by atoms with Gasteiger partial charge in [-0.05, 0) is 18.6 Å². The molecule has 0 radical (unpaired) electrons. The summed E-state index contributed by atoms with van der Waals surface area (Å²) in [5.41, 5.74) is 2.88. The highest BCUT2D eigenvalue weighted by Gasteiger charge is 2.27. The molecule has 2 heterocycles. The number of halogens is 1. The highest BCUT2D eigenvalue weighted by Crippen LogP contribution is 2.19. The molecule has 0 spiro atoms. The number of ether oxygens (including phenoxy) is 1. The fourth-order valence-corrected chi connectivity index (χ4v) is 2.33. The van der Waals surface area contributed by atoms with Crippen LogP contribution in [0.2, 0.25) is 5.15 Å². The number of nitrogens with one attached hydrogen (secondary N) is 1. The topological polar surface area (TPSA) is 80.5 Å². The largest absolute Gasteiger partial charge is 0.377 e. The van der Waals surface area contributed by atoms with E-state index in [9.17, 15) is 4.79 Å². The molecule has 1 saturated heterocycles. The molecule has 0 saturated carbocycles. The van der Waals surface area contributed by atoms with Gasteiger partial charge in [0.2, 0.25) is 0 Å². The minimum atomic E-state index is -0.0732. The van der Waals surface area contributed by atoms with Crippen LogP contribution in [0.15, 0.2) is 12.1 Å². The fourth-order valence-electron chi connectivity index (χ4n) is 2.12. The van der Waals surface area contributed by atoms with E-state index in [1.54, 1.807) is 12.1 Å². The Bertz CT molecular complexity index is 469. The fraction of sp³-hybridized carbons (Fsp3) is 0.500. The summed E-state index contributed by atoms with van der Waals surface area (Å²) >= 11 is 5.88. The molecule has 7 heteroatoms. The number of nitrogen functional groups attached to an aromatic ring is 1. The summed E-state index contributed by atoms with van der Waals surface area (Å²) in [7, 11) is 0. The van der Waals surface area contributed by atoms with Crippen LogP contribution < -0.4 is 11.3 Å². The molecule has 19 heavy (non-hydrogen) atoms. The van der Waals surface area contributed by atoms with Gasteiger partial charge in [-0.3, -0.25) is 4.79 Å². The van der Waals surface area contributed by atoms with Crippen molar-refractivity contribution < 1.29 is 9.53 Å². The molecule has 1 unspecified atom stereocenters. The molecule has 104 valence electrons. The van der Waals surface area contributed by atoms with Crippen LogP contribution in [-0.2, 0) is 4.74 Å². The van der Waals surface area contributed by atoms with Gasteiger partial charge in [-0.1, -0.05) is 18.5 Å². The summed E-state index contributed by atoms with van der Waals surface area (Å²) in [4.78, 5) is 18.3. The number of carbonyl (C=O) groups is 1. The van der Waals surface area contributed by atoms with E-state index < -0.39 is 0 Å². The molecule has 1 aliphatic heterocycles. The van der Waals surface area contributed by atoms with Crippen LogP contribution in [0.25, 0.3) is 0 Å². The molecular weight excluding hydrogens is 268 g/mol. The van der Waals surface area contributed by atoms with Crippen molar-refractivity contribution >= 4 is 23.3 Å². The first-order valence-corrected chi connectivity index (χ1v) is 6.56. The summed E-state index contributed by atoms with van der Waals surface area (Å²) in [5.74, 6) is 5.60. The van der Waals surface area contributed by atoms with Crippen molar-refractivity contribution in [2.75, 3.05) is 25.2 Å². The number of amides is 1. The quantitative estimate of drug-likeness (QED) is 0.496. The van der Waals surface area contributed by atoms with E-state index in [4.69, 9.17) is 22.2 Å². The lowest BCUT2D eigenvalue weighted by Gasteiger charge is -2.35. The zero-order valence-electron chi connectivity index (χ0n) is 10.7. The summed E-state index contributed by atoms with van der Waals surface area (Å²) < 4.78 is 5.39. The first kappa shape index (κ1) is 14.0. The van der Waals surface area contributed by atoms with Gasteiger partial charge in [-0.2, -0.15) is 0 Å². The molecule has 2 rings (SSSR count). The van der Waals surface area contributed by atoms with E-state index in [2.05, 4.69) is 10.4 Å². The van der Waals surface area contributed by atoms with E-state index in [0.717, 1.165) is 6.42 Å². The Morgan fingerprint density at radius 2 is 2.47 bits per heavy atom. The van der Waals surface area contributed by atoms with Crippen LogP contribution in [0.1, 0.15) is 23.7 Å². The average Bonchev–Trinajstić information content (AvgIpc) is 2.45. The van der Waals surface area contributed by atoms with Crippen molar-refractivity contribution in [1.29, 1.82) is 0 Å². The first-order valence-electron chi connectivity index (χ1n) is 6.18. The number of nitrogens with two attached hydrogens (primary N) is 1. The SMILES string of the molecule is CCC1COCCN1C(=O)c1cc(Cl)nc(NN)c1. The Morgan fingerprint density at radius 3 is 3.16 bits per heavy atom. The van der Waals surface area contributed by atoms with Gasteiger partial charge >= 0.3 is 0 Å². The Morgan fingerprint density at radius 1 is 1.68 bits per heavy atom. The number of anilines is 1. The monoisotopic (exact) mass is 284 g/mol. The molecule has 1 fully saturated rings. The maximum atomic E-state index is 12.5. The molecule has 6 nitrogen and oxygen atoms in total. The van der Waals surface area contributed by atoms with E-state index in [-0.39, 0.29) is 17.1 Å². The van der Waals surface area contributed by atoms with Gasteiger partial charge in [-0.25, -0.2) is 10.8 Å². The first-order chi connectivity index (χ1) is 9.15. The number of hydrogen-bond acceptors (Lipinski definition) is 5. The highest BCUT2D eigenvalue weighted by atomic mass is 35.5. The number of aromatic nitrogens is 1. The van der Waals surface area contributed by atoms with Crippen molar-refractivity contribution in [2.24, 2.45) is 5.84 Å². The predicted octanol–water partition coefficient (Wildman–Crippen LogP) is 1.27. The zero-order chi connectivity index (χ0) is 13.8. The summed E-state index contributed by atoms with van der Waals surface area (Å²) in [5, 5.41) is 0.236. The third kappa shape index (κ3) is 3.15. The second kappa shape index (κ2) is 6.18. The van der Waals surface area contributed by atoms with Gasteiger partial charge in [0.05, 0.1) is 19.3 Å². The summed E-state index contributed by atoms with van der Waals surface area (Å²) in [6.45, 7) is 3.75. The molecule has 1 aliphatic rings. The van der Waals surface area contributed by atoms with Gasteiger partial charge in [0.15, 0.2) is 0 Å². The smallest absolute Gasteiger partial charge is 0.254 e. The van der Waals surface area contributed by atoms with Crippen molar-refractivity contribution in [3.63, 3.8) is 0 Å². The zero-order valence-corrected chi connectivity index (χ0v) is 11.5. The number of rotatable bonds is 3. The standard InChI is InChI=1S/C12H17ClN4O2/c1-2-9-7-19-4-3-17(9)12(18)8-5-10(13)15-11(6-8)16-14/h5-6,9H,2-4,7,14H2,1H3,(H,15,16). The van der Waals surface area contributed by atoms with Crippen molar-refractivity contribution in [1.82, 2.24) is 9.88 Å². The van der Waals surface area contributed by atoms with E-state index in [0.29, 0.717) is 31.1 Å². The number of nitrogens with zero attached hydrogens (tertiary/aromatic N) is 2. The molecular formula is C12H17ClN4O2. The molecule has 3 N–H and O–H groups in total. The van der Waals surface area contributed by atoms with Gasteiger partial charge in [0.25, 0.3) is 5.91 Å². The van der Waals surface area contributed by atoms with Gasteiger partial charge in [0, 0.05) is 12.1 Å². The molecule has 1 aromatic rings. The van der Waals surface area contributed by atoms with E-state index in [1.165, 1.54) is 0 Å². The number of morpholine rings is 1. The van der Waals surface area contributed by atoms with E-state index >= 15 is 0 Å². The lowest BCUT2D eigenvalue weighted by Crippen LogP contribution is -2.48.